The summed E-state index contributed by atoms with van der Waals surface area (Å²) in [6, 6.07) is 0. The second-order valence-electron chi connectivity index (χ2n) is 3.56. The van der Waals surface area contributed by atoms with Crippen molar-refractivity contribution in [1.29, 1.82) is 0 Å². The Morgan fingerprint density at radius 1 is 1.38 bits per heavy atom. The standard InChI is InChI=1S/C11H18BrN3O/c1-4-11(5-2,16-6-3)10-14-7-8(12)9(13)15-10/h7H,4-6H2,1-3H3,(H2,13,14,15). The van der Waals surface area contributed by atoms with Gasteiger partial charge in [-0.05, 0) is 35.7 Å². The first-order valence-corrected chi connectivity index (χ1v) is 6.31. The molecule has 90 valence electrons. The van der Waals surface area contributed by atoms with E-state index in [0.29, 0.717) is 22.7 Å². The van der Waals surface area contributed by atoms with Gasteiger partial charge in [-0.1, -0.05) is 13.8 Å². The molecular weight excluding hydrogens is 270 g/mol. The van der Waals surface area contributed by atoms with E-state index >= 15 is 0 Å². The molecule has 0 unspecified atom stereocenters. The summed E-state index contributed by atoms with van der Waals surface area (Å²) in [5.41, 5.74) is 5.36. The fourth-order valence-corrected chi connectivity index (χ4v) is 1.90. The van der Waals surface area contributed by atoms with Crippen LogP contribution in [0.5, 0.6) is 0 Å². The van der Waals surface area contributed by atoms with Gasteiger partial charge >= 0.3 is 0 Å². The summed E-state index contributed by atoms with van der Waals surface area (Å²) in [5, 5.41) is 0. The molecule has 0 aliphatic heterocycles. The van der Waals surface area contributed by atoms with Crippen molar-refractivity contribution in [1.82, 2.24) is 9.97 Å². The van der Waals surface area contributed by atoms with Crippen LogP contribution in [0.4, 0.5) is 5.82 Å². The third kappa shape index (κ3) is 2.52. The highest BCUT2D eigenvalue weighted by atomic mass is 79.9. The molecule has 0 fully saturated rings. The Morgan fingerprint density at radius 2 is 2.00 bits per heavy atom. The topological polar surface area (TPSA) is 61.0 Å². The van der Waals surface area contributed by atoms with Crippen molar-refractivity contribution in [3.63, 3.8) is 0 Å². The highest BCUT2D eigenvalue weighted by molar-refractivity contribution is 9.10. The minimum Gasteiger partial charge on any atom is -0.383 e. The van der Waals surface area contributed by atoms with Gasteiger partial charge in [0.25, 0.3) is 0 Å². The lowest BCUT2D eigenvalue weighted by atomic mass is 9.96. The predicted octanol–water partition coefficient (Wildman–Crippen LogP) is 2.87. The molecule has 1 heterocycles. The van der Waals surface area contributed by atoms with Crippen molar-refractivity contribution >= 4 is 21.7 Å². The summed E-state index contributed by atoms with van der Waals surface area (Å²) < 4.78 is 6.53. The van der Waals surface area contributed by atoms with Crippen LogP contribution in [0.25, 0.3) is 0 Å². The third-order valence-corrected chi connectivity index (χ3v) is 3.35. The maximum atomic E-state index is 5.81. The van der Waals surface area contributed by atoms with Crippen LogP contribution >= 0.6 is 15.9 Å². The van der Waals surface area contributed by atoms with E-state index in [4.69, 9.17) is 10.5 Å². The summed E-state index contributed by atoms with van der Waals surface area (Å²) in [4.78, 5) is 8.61. The van der Waals surface area contributed by atoms with Gasteiger partial charge in [0.15, 0.2) is 5.82 Å². The number of hydrogen-bond donors (Lipinski definition) is 1. The van der Waals surface area contributed by atoms with Crippen molar-refractivity contribution < 1.29 is 4.74 Å². The first-order valence-electron chi connectivity index (χ1n) is 5.52. The zero-order chi connectivity index (χ0) is 12.2. The zero-order valence-corrected chi connectivity index (χ0v) is 11.5. The molecule has 1 rings (SSSR count). The molecule has 4 nitrogen and oxygen atoms in total. The van der Waals surface area contributed by atoms with E-state index in [1.165, 1.54) is 0 Å². The monoisotopic (exact) mass is 287 g/mol. The summed E-state index contributed by atoms with van der Waals surface area (Å²) >= 11 is 3.29. The predicted molar refractivity (Wildman–Crippen MR) is 68.0 cm³/mol. The molecule has 1 aromatic rings. The smallest absolute Gasteiger partial charge is 0.162 e. The van der Waals surface area contributed by atoms with E-state index in [1.807, 2.05) is 6.92 Å². The summed E-state index contributed by atoms with van der Waals surface area (Å²) in [5.74, 6) is 1.12. The van der Waals surface area contributed by atoms with Crippen molar-refractivity contribution in [2.45, 2.75) is 39.2 Å². The van der Waals surface area contributed by atoms with Gasteiger partial charge in [-0.3, -0.25) is 0 Å². The van der Waals surface area contributed by atoms with Gasteiger partial charge in [0, 0.05) is 12.8 Å². The molecule has 0 aliphatic carbocycles. The van der Waals surface area contributed by atoms with E-state index in [1.54, 1.807) is 6.20 Å². The molecule has 0 atom stereocenters. The largest absolute Gasteiger partial charge is 0.383 e. The van der Waals surface area contributed by atoms with Crippen LogP contribution in [-0.4, -0.2) is 16.6 Å². The Balaban J connectivity index is 3.14. The molecule has 0 aromatic carbocycles. The number of hydrogen-bond acceptors (Lipinski definition) is 4. The van der Waals surface area contributed by atoms with Crippen molar-refractivity contribution in [2.24, 2.45) is 0 Å². The fraction of sp³-hybridized carbons (Fsp3) is 0.636. The number of ether oxygens (including phenoxy) is 1. The number of nitrogens with two attached hydrogens (primary N) is 1. The van der Waals surface area contributed by atoms with E-state index in [-0.39, 0.29) is 0 Å². The summed E-state index contributed by atoms with van der Waals surface area (Å²) in [6.45, 7) is 6.75. The molecule has 2 N–H and O–H groups in total. The maximum absolute atomic E-state index is 5.81. The second kappa shape index (κ2) is 5.59. The molecule has 0 saturated carbocycles. The number of nitrogen functional groups attached to an aromatic ring is 1. The quantitative estimate of drug-likeness (QED) is 0.905. The number of aromatic nitrogens is 2. The van der Waals surface area contributed by atoms with Gasteiger partial charge in [0.1, 0.15) is 11.4 Å². The third-order valence-electron chi connectivity index (χ3n) is 2.74. The van der Waals surface area contributed by atoms with Gasteiger partial charge in [0.2, 0.25) is 0 Å². The van der Waals surface area contributed by atoms with E-state index in [0.717, 1.165) is 12.8 Å². The molecule has 0 aliphatic rings. The lowest BCUT2D eigenvalue weighted by Crippen LogP contribution is -2.31. The second-order valence-corrected chi connectivity index (χ2v) is 4.42. The molecule has 5 heteroatoms. The van der Waals surface area contributed by atoms with Crippen LogP contribution in [0.15, 0.2) is 10.7 Å². The van der Waals surface area contributed by atoms with Crippen molar-refractivity contribution in [3.05, 3.63) is 16.5 Å². The minimum atomic E-state index is -0.413. The Labute approximate surface area is 105 Å². The normalized spacial score (nSPS) is 11.8. The van der Waals surface area contributed by atoms with Gasteiger partial charge in [-0.2, -0.15) is 0 Å². The first kappa shape index (κ1) is 13.4. The Hall–Kier alpha value is -0.680. The molecule has 0 radical (unpaired) electrons. The lowest BCUT2D eigenvalue weighted by Gasteiger charge is -2.29. The van der Waals surface area contributed by atoms with Crippen LogP contribution in [0, 0.1) is 0 Å². The van der Waals surface area contributed by atoms with E-state index in [9.17, 15) is 0 Å². The maximum Gasteiger partial charge on any atom is 0.162 e. The Bertz CT molecular complexity index is 353. The van der Waals surface area contributed by atoms with Crippen molar-refractivity contribution in [3.8, 4) is 0 Å². The number of nitrogens with zero attached hydrogens (tertiary/aromatic N) is 2. The van der Waals surface area contributed by atoms with Gasteiger partial charge in [-0.15, -0.1) is 0 Å². The summed E-state index contributed by atoms with van der Waals surface area (Å²) in [7, 11) is 0. The van der Waals surface area contributed by atoms with Gasteiger partial charge < -0.3 is 10.5 Å². The molecule has 0 spiro atoms. The molecule has 1 aromatic heterocycles. The average Bonchev–Trinajstić information content (AvgIpc) is 2.30. The SMILES string of the molecule is CCOC(CC)(CC)c1ncc(Br)c(N)n1. The van der Waals surface area contributed by atoms with E-state index in [2.05, 4.69) is 39.7 Å². The molecule has 0 amide bonds. The van der Waals surface area contributed by atoms with Gasteiger partial charge in [-0.25, -0.2) is 9.97 Å². The minimum absolute atomic E-state index is 0.413. The van der Waals surface area contributed by atoms with Crippen molar-refractivity contribution in [2.75, 3.05) is 12.3 Å². The van der Waals surface area contributed by atoms with E-state index < -0.39 is 5.60 Å². The van der Waals surface area contributed by atoms with Crippen LogP contribution < -0.4 is 5.73 Å². The lowest BCUT2D eigenvalue weighted by molar-refractivity contribution is -0.0570. The molecule has 0 bridgehead atoms. The molecule has 16 heavy (non-hydrogen) atoms. The summed E-state index contributed by atoms with van der Waals surface area (Å²) in [6.07, 6.45) is 3.34. The highest BCUT2D eigenvalue weighted by Crippen LogP contribution is 2.31. The van der Waals surface area contributed by atoms with Crippen LogP contribution in [0.1, 0.15) is 39.4 Å². The fourth-order valence-electron chi connectivity index (χ4n) is 1.71. The van der Waals surface area contributed by atoms with Crippen LogP contribution in [0.2, 0.25) is 0 Å². The Kier molecular flexibility index (Phi) is 4.68. The average molecular weight is 288 g/mol. The number of anilines is 1. The van der Waals surface area contributed by atoms with Crippen LogP contribution in [-0.2, 0) is 10.3 Å². The molecule has 0 saturated heterocycles. The van der Waals surface area contributed by atoms with Crippen LogP contribution in [0.3, 0.4) is 0 Å². The molecular formula is C11H18BrN3O. The number of rotatable bonds is 5. The van der Waals surface area contributed by atoms with Gasteiger partial charge in [0.05, 0.1) is 4.47 Å². The number of halogens is 1. The highest BCUT2D eigenvalue weighted by Gasteiger charge is 2.32. The Morgan fingerprint density at radius 3 is 2.44 bits per heavy atom. The first-order chi connectivity index (χ1) is 7.59. The zero-order valence-electron chi connectivity index (χ0n) is 9.96.